The van der Waals surface area contributed by atoms with Gasteiger partial charge in [0, 0.05) is 0 Å². The number of nitrogens with zero attached hydrogens (tertiary/aromatic N) is 2. The summed E-state index contributed by atoms with van der Waals surface area (Å²) in [5, 5.41) is -1.21. The summed E-state index contributed by atoms with van der Waals surface area (Å²) in [5.74, 6) is 0.367. The Hall–Kier alpha value is -1.22. The number of aromatic nitrogens is 1. The van der Waals surface area contributed by atoms with Crippen molar-refractivity contribution in [3.05, 3.63) is 23.9 Å². The maximum Gasteiger partial charge on any atom is 0.311 e. The molecular weight excluding hydrogens is 242 g/mol. The number of anilines is 1. The SMILES string of the molecule is COC(=O)Cc1cccc(N2CC(F)(P)C2)n1. The second-order valence-corrected chi connectivity index (χ2v) is 5.17. The van der Waals surface area contributed by atoms with Crippen LogP contribution in [0.3, 0.4) is 0 Å². The first-order chi connectivity index (χ1) is 8.00. The number of ether oxygens (including phenoxy) is 1. The monoisotopic (exact) mass is 256 g/mol. The molecule has 2 heterocycles. The summed E-state index contributed by atoms with van der Waals surface area (Å²) in [7, 11) is 3.53. The van der Waals surface area contributed by atoms with Gasteiger partial charge in [0.1, 0.15) is 5.82 Å². The number of carbonyl (C=O) groups is 1. The molecule has 1 aromatic rings. The maximum atomic E-state index is 13.3. The predicted molar refractivity (Wildman–Crippen MR) is 65.7 cm³/mol. The molecule has 1 aliphatic rings. The minimum absolute atomic E-state index is 0.139. The largest absolute Gasteiger partial charge is 0.469 e. The minimum atomic E-state index is -1.21. The molecule has 1 unspecified atom stereocenters. The zero-order valence-electron chi connectivity index (χ0n) is 9.52. The molecule has 4 nitrogen and oxygen atoms in total. The van der Waals surface area contributed by atoms with Crippen LogP contribution in [-0.2, 0) is 16.0 Å². The van der Waals surface area contributed by atoms with Gasteiger partial charge in [0.05, 0.1) is 32.3 Å². The van der Waals surface area contributed by atoms with E-state index in [-0.39, 0.29) is 12.4 Å². The van der Waals surface area contributed by atoms with Gasteiger partial charge in [0.25, 0.3) is 0 Å². The molecule has 1 atom stereocenters. The molecule has 92 valence electrons. The molecule has 1 aliphatic heterocycles. The molecule has 0 aromatic carbocycles. The normalized spacial score (nSPS) is 17.5. The van der Waals surface area contributed by atoms with Crippen molar-refractivity contribution < 1.29 is 13.9 Å². The van der Waals surface area contributed by atoms with E-state index in [9.17, 15) is 9.18 Å². The molecule has 0 amide bonds. The number of hydrogen-bond donors (Lipinski definition) is 0. The van der Waals surface area contributed by atoms with Gasteiger partial charge in [0.2, 0.25) is 0 Å². The zero-order chi connectivity index (χ0) is 12.5. The van der Waals surface area contributed by atoms with Crippen molar-refractivity contribution in [3.8, 4) is 0 Å². The van der Waals surface area contributed by atoms with Crippen molar-refractivity contribution in [3.63, 3.8) is 0 Å². The lowest BCUT2D eigenvalue weighted by Gasteiger charge is -2.42. The summed E-state index contributed by atoms with van der Waals surface area (Å²) in [6.45, 7) is 0.624. The fourth-order valence-corrected chi connectivity index (χ4v) is 2.15. The first kappa shape index (κ1) is 12.2. The van der Waals surface area contributed by atoms with Gasteiger partial charge in [0.15, 0.2) is 5.41 Å². The molecule has 0 N–H and O–H groups in total. The summed E-state index contributed by atoms with van der Waals surface area (Å²) in [6.07, 6.45) is 0.139. The number of methoxy groups -OCH3 is 1. The van der Waals surface area contributed by atoms with Gasteiger partial charge in [-0.05, 0) is 12.1 Å². The fraction of sp³-hybridized carbons (Fsp3) is 0.455. The minimum Gasteiger partial charge on any atom is -0.469 e. The number of alkyl halides is 1. The molecular formula is C11H14FN2O2P. The van der Waals surface area contributed by atoms with Gasteiger partial charge < -0.3 is 9.64 Å². The van der Waals surface area contributed by atoms with Crippen molar-refractivity contribution in [2.24, 2.45) is 0 Å². The van der Waals surface area contributed by atoms with E-state index in [1.165, 1.54) is 7.11 Å². The zero-order valence-corrected chi connectivity index (χ0v) is 10.7. The van der Waals surface area contributed by atoms with Crippen molar-refractivity contribution in [1.82, 2.24) is 4.98 Å². The Morgan fingerprint density at radius 2 is 2.35 bits per heavy atom. The lowest BCUT2D eigenvalue weighted by atomic mass is 10.1. The van der Waals surface area contributed by atoms with Gasteiger partial charge in [-0.25, -0.2) is 9.37 Å². The van der Waals surface area contributed by atoms with Crippen molar-refractivity contribution in [1.29, 1.82) is 0 Å². The van der Waals surface area contributed by atoms with Crippen LogP contribution in [0, 0.1) is 0 Å². The molecule has 6 heteroatoms. The molecule has 1 saturated heterocycles. The second-order valence-electron chi connectivity index (χ2n) is 4.13. The molecule has 1 fully saturated rings. The Kier molecular flexibility index (Phi) is 3.29. The van der Waals surface area contributed by atoms with Crippen molar-refractivity contribution in [2.75, 3.05) is 25.1 Å². The topological polar surface area (TPSA) is 42.4 Å². The highest BCUT2D eigenvalue weighted by atomic mass is 31.0. The van der Waals surface area contributed by atoms with E-state index in [0.29, 0.717) is 24.6 Å². The Bertz CT molecular complexity index is 431. The van der Waals surface area contributed by atoms with E-state index >= 15 is 0 Å². The number of rotatable bonds is 3. The molecule has 0 bridgehead atoms. The highest BCUT2D eigenvalue weighted by molar-refractivity contribution is 7.19. The fourth-order valence-electron chi connectivity index (χ4n) is 1.71. The van der Waals surface area contributed by atoms with E-state index in [4.69, 9.17) is 0 Å². The van der Waals surface area contributed by atoms with E-state index in [1.807, 2.05) is 11.0 Å². The third kappa shape index (κ3) is 2.91. The third-order valence-electron chi connectivity index (χ3n) is 2.58. The van der Waals surface area contributed by atoms with E-state index in [0.717, 1.165) is 0 Å². The van der Waals surface area contributed by atoms with Crippen LogP contribution in [0.5, 0.6) is 0 Å². The molecule has 2 rings (SSSR count). The van der Waals surface area contributed by atoms with Gasteiger partial charge >= 0.3 is 5.97 Å². The smallest absolute Gasteiger partial charge is 0.311 e. The van der Waals surface area contributed by atoms with Crippen LogP contribution in [0.15, 0.2) is 18.2 Å². The Balaban J connectivity index is 2.05. The van der Waals surface area contributed by atoms with Crippen LogP contribution in [0.4, 0.5) is 10.2 Å². The van der Waals surface area contributed by atoms with Crippen molar-refractivity contribution >= 4 is 21.0 Å². The summed E-state index contributed by atoms with van der Waals surface area (Å²) >= 11 is 0. The molecule has 1 aromatic heterocycles. The van der Waals surface area contributed by atoms with Crippen LogP contribution >= 0.6 is 9.24 Å². The van der Waals surface area contributed by atoms with Crippen LogP contribution in [0.2, 0.25) is 0 Å². The number of esters is 1. The lowest BCUT2D eigenvalue weighted by molar-refractivity contribution is -0.139. The van der Waals surface area contributed by atoms with E-state index in [2.05, 4.69) is 19.0 Å². The Morgan fingerprint density at radius 1 is 1.65 bits per heavy atom. The maximum absolute atomic E-state index is 13.3. The first-order valence-electron chi connectivity index (χ1n) is 5.26. The summed E-state index contributed by atoms with van der Waals surface area (Å²) in [5.41, 5.74) is 0.634. The summed E-state index contributed by atoms with van der Waals surface area (Å²) < 4.78 is 17.9. The van der Waals surface area contributed by atoms with E-state index in [1.54, 1.807) is 12.1 Å². The molecule has 0 radical (unpaired) electrons. The Morgan fingerprint density at radius 3 is 2.94 bits per heavy atom. The van der Waals surface area contributed by atoms with E-state index < -0.39 is 5.41 Å². The Labute approximate surface area is 101 Å². The molecule has 0 aliphatic carbocycles. The average Bonchev–Trinajstić information content (AvgIpc) is 2.26. The van der Waals surface area contributed by atoms with Crippen LogP contribution < -0.4 is 4.90 Å². The highest BCUT2D eigenvalue weighted by Crippen LogP contribution is 2.34. The molecule has 0 spiro atoms. The summed E-state index contributed by atoms with van der Waals surface area (Å²) in [6, 6.07) is 5.37. The van der Waals surface area contributed by atoms with Gasteiger partial charge in [-0.3, -0.25) is 4.79 Å². The number of pyridine rings is 1. The van der Waals surface area contributed by atoms with Gasteiger partial charge in [-0.1, -0.05) is 15.3 Å². The van der Waals surface area contributed by atoms with Gasteiger partial charge in [-0.2, -0.15) is 0 Å². The lowest BCUT2D eigenvalue weighted by Crippen LogP contribution is -2.55. The second kappa shape index (κ2) is 4.57. The molecule has 17 heavy (non-hydrogen) atoms. The third-order valence-corrected chi connectivity index (χ3v) is 2.94. The standard InChI is InChI=1S/C11H14FN2O2P/c1-16-10(15)5-8-3-2-4-9(13-8)14-6-11(12,17)7-14/h2-4H,5-7,17H2,1H3. The quantitative estimate of drug-likeness (QED) is 0.601. The number of carbonyl (C=O) groups excluding carboxylic acids is 1. The number of halogens is 1. The van der Waals surface area contributed by atoms with Crippen LogP contribution in [0.25, 0.3) is 0 Å². The van der Waals surface area contributed by atoms with Crippen molar-refractivity contribution in [2.45, 2.75) is 11.8 Å². The highest BCUT2D eigenvalue weighted by Gasteiger charge is 2.39. The summed E-state index contributed by atoms with van der Waals surface area (Å²) in [4.78, 5) is 17.2. The average molecular weight is 256 g/mol. The predicted octanol–water partition coefficient (Wildman–Crippen LogP) is 1.16. The van der Waals surface area contributed by atoms with Gasteiger partial charge in [-0.15, -0.1) is 0 Å². The van der Waals surface area contributed by atoms with Crippen LogP contribution in [0.1, 0.15) is 5.69 Å². The number of hydrogen-bond acceptors (Lipinski definition) is 4. The molecule has 0 saturated carbocycles. The first-order valence-corrected chi connectivity index (χ1v) is 5.83. The van der Waals surface area contributed by atoms with Crippen LogP contribution in [-0.4, -0.2) is 36.6 Å².